The zero-order valence-electron chi connectivity index (χ0n) is 15.8. The molecule has 2 N–H and O–H groups in total. The molecule has 4 rings (SSSR count). The van der Waals surface area contributed by atoms with Crippen LogP contribution in [-0.2, 0) is 13.1 Å². The van der Waals surface area contributed by atoms with Crippen LogP contribution in [0.1, 0.15) is 11.1 Å². The van der Waals surface area contributed by atoms with E-state index in [1.807, 2.05) is 76.4 Å². The molecule has 2 aromatic heterocycles. The van der Waals surface area contributed by atoms with Gasteiger partial charge in [0.2, 0.25) is 0 Å². The Balaban J connectivity index is 1.32. The fourth-order valence-corrected chi connectivity index (χ4v) is 3.60. The Kier molecular flexibility index (Phi) is 6.32. The van der Waals surface area contributed by atoms with E-state index in [4.69, 9.17) is 35.4 Å². The fraction of sp³-hybridized carbons (Fsp3) is 0.0952. The first kappa shape index (κ1) is 20.4. The van der Waals surface area contributed by atoms with Gasteiger partial charge in [-0.3, -0.25) is 9.36 Å². The van der Waals surface area contributed by atoms with Gasteiger partial charge in [-0.1, -0.05) is 47.5 Å². The van der Waals surface area contributed by atoms with Crippen molar-refractivity contribution in [2.75, 3.05) is 10.6 Å². The van der Waals surface area contributed by atoms with Crippen LogP contribution in [0.3, 0.4) is 0 Å². The monoisotopic (exact) mass is 456 g/mol. The lowest BCUT2D eigenvalue weighted by atomic mass is 10.2. The van der Waals surface area contributed by atoms with Crippen molar-refractivity contribution in [3.63, 3.8) is 0 Å². The minimum absolute atomic E-state index is 0.435. The Morgan fingerprint density at radius 2 is 1.57 bits per heavy atom. The molecule has 0 saturated carbocycles. The summed E-state index contributed by atoms with van der Waals surface area (Å²) in [6.07, 6.45) is 5.48. The third kappa shape index (κ3) is 5.60. The van der Waals surface area contributed by atoms with Gasteiger partial charge in [0.15, 0.2) is 10.9 Å². The summed E-state index contributed by atoms with van der Waals surface area (Å²) in [4.78, 5) is 0. The van der Waals surface area contributed by atoms with Crippen LogP contribution in [-0.4, -0.2) is 24.7 Å². The minimum atomic E-state index is 0.435. The van der Waals surface area contributed by atoms with Gasteiger partial charge in [-0.15, -0.1) is 0 Å². The van der Waals surface area contributed by atoms with Crippen molar-refractivity contribution in [2.24, 2.45) is 0 Å². The molecule has 0 aliphatic rings. The maximum Gasteiger partial charge on any atom is 0.176 e. The molecule has 152 valence electrons. The van der Waals surface area contributed by atoms with Crippen LogP contribution in [0.5, 0.6) is 0 Å². The smallest absolute Gasteiger partial charge is 0.176 e. The van der Waals surface area contributed by atoms with Gasteiger partial charge in [0.05, 0.1) is 25.0 Å². The molecule has 0 aliphatic carbocycles. The number of hydrogen-bond donors (Lipinski definition) is 2. The standard InChI is InChI=1S/C21H18Cl2N6S/c22-17-5-1-3-15(9-17)12-28-8-7-20(27-28)26-21(30)25-19-11-24-29(14-19)13-16-4-2-6-18(23)10-16/h1-11,14H,12-13H2,(H2,25,26,27,30). The molecule has 2 aromatic carbocycles. The van der Waals surface area contributed by atoms with E-state index in [2.05, 4.69) is 20.8 Å². The average molecular weight is 457 g/mol. The first-order chi connectivity index (χ1) is 14.5. The number of halogens is 2. The lowest BCUT2D eigenvalue weighted by molar-refractivity contribution is 0.687. The Morgan fingerprint density at radius 1 is 0.900 bits per heavy atom. The van der Waals surface area contributed by atoms with E-state index in [0.29, 0.717) is 34.1 Å². The second kappa shape index (κ2) is 9.30. The predicted molar refractivity (Wildman–Crippen MR) is 125 cm³/mol. The first-order valence-corrected chi connectivity index (χ1v) is 10.3. The summed E-state index contributed by atoms with van der Waals surface area (Å²) in [5.74, 6) is 0.654. The van der Waals surface area contributed by atoms with Crippen molar-refractivity contribution in [3.05, 3.63) is 94.4 Å². The van der Waals surface area contributed by atoms with E-state index in [0.717, 1.165) is 16.8 Å². The van der Waals surface area contributed by atoms with Crippen molar-refractivity contribution in [2.45, 2.75) is 13.1 Å². The molecule has 0 unspecified atom stereocenters. The zero-order chi connectivity index (χ0) is 20.9. The SMILES string of the molecule is S=C(Nc1cnn(Cc2cccc(Cl)c2)c1)Nc1ccn(Cc2cccc(Cl)c2)n1. The highest BCUT2D eigenvalue weighted by molar-refractivity contribution is 7.80. The molecule has 6 nitrogen and oxygen atoms in total. The number of benzene rings is 2. The second-order valence-corrected chi connectivity index (χ2v) is 7.95. The van der Waals surface area contributed by atoms with Gasteiger partial charge in [-0.2, -0.15) is 10.2 Å². The maximum absolute atomic E-state index is 6.04. The molecule has 0 radical (unpaired) electrons. The lowest BCUT2D eigenvalue weighted by Crippen LogP contribution is -2.19. The van der Waals surface area contributed by atoms with Gasteiger partial charge in [0, 0.05) is 28.5 Å². The summed E-state index contributed by atoms with van der Waals surface area (Å²) in [7, 11) is 0. The Morgan fingerprint density at radius 3 is 2.23 bits per heavy atom. The van der Waals surface area contributed by atoms with E-state index in [1.54, 1.807) is 6.20 Å². The molecular formula is C21H18Cl2N6S. The van der Waals surface area contributed by atoms with Crippen LogP contribution in [0, 0.1) is 0 Å². The highest BCUT2D eigenvalue weighted by Crippen LogP contribution is 2.14. The van der Waals surface area contributed by atoms with Crippen molar-refractivity contribution in [1.29, 1.82) is 0 Å². The molecule has 4 aromatic rings. The fourth-order valence-electron chi connectivity index (χ4n) is 2.95. The summed E-state index contributed by atoms with van der Waals surface area (Å²) >= 11 is 17.5. The van der Waals surface area contributed by atoms with E-state index in [9.17, 15) is 0 Å². The molecule has 2 heterocycles. The predicted octanol–water partition coefficient (Wildman–Crippen LogP) is 5.29. The largest absolute Gasteiger partial charge is 0.330 e. The number of thiocarbonyl (C=S) groups is 1. The lowest BCUT2D eigenvalue weighted by Gasteiger charge is -2.07. The minimum Gasteiger partial charge on any atom is -0.330 e. The number of aromatic nitrogens is 4. The first-order valence-electron chi connectivity index (χ1n) is 9.16. The molecule has 0 spiro atoms. The van der Waals surface area contributed by atoms with Gasteiger partial charge < -0.3 is 10.6 Å². The third-order valence-corrected chi connectivity index (χ3v) is 4.91. The van der Waals surface area contributed by atoms with Gasteiger partial charge in [0.25, 0.3) is 0 Å². The van der Waals surface area contributed by atoms with Crippen LogP contribution in [0.25, 0.3) is 0 Å². The Bertz CT molecular complexity index is 1080. The second-order valence-electron chi connectivity index (χ2n) is 6.66. The molecular weight excluding hydrogens is 439 g/mol. The van der Waals surface area contributed by atoms with E-state index < -0.39 is 0 Å². The molecule has 0 saturated heterocycles. The van der Waals surface area contributed by atoms with Crippen LogP contribution in [0.15, 0.2) is 73.2 Å². The number of anilines is 2. The highest BCUT2D eigenvalue weighted by atomic mass is 35.5. The van der Waals surface area contributed by atoms with Gasteiger partial charge >= 0.3 is 0 Å². The number of hydrogen-bond acceptors (Lipinski definition) is 3. The normalized spacial score (nSPS) is 10.7. The van der Waals surface area contributed by atoms with Gasteiger partial charge in [-0.25, -0.2) is 0 Å². The van der Waals surface area contributed by atoms with Crippen LogP contribution in [0.2, 0.25) is 10.0 Å². The Hall–Kier alpha value is -2.87. The highest BCUT2D eigenvalue weighted by Gasteiger charge is 2.06. The van der Waals surface area contributed by atoms with Gasteiger partial charge in [0.1, 0.15) is 0 Å². The van der Waals surface area contributed by atoms with E-state index in [1.165, 1.54) is 0 Å². The van der Waals surface area contributed by atoms with Crippen LogP contribution in [0.4, 0.5) is 11.5 Å². The van der Waals surface area contributed by atoms with Crippen molar-refractivity contribution >= 4 is 52.0 Å². The van der Waals surface area contributed by atoms with E-state index in [-0.39, 0.29) is 0 Å². The average Bonchev–Trinajstić information content (AvgIpc) is 3.31. The molecule has 9 heteroatoms. The summed E-state index contributed by atoms with van der Waals surface area (Å²) in [5.41, 5.74) is 2.93. The van der Waals surface area contributed by atoms with Crippen LogP contribution < -0.4 is 10.6 Å². The van der Waals surface area contributed by atoms with Gasteiger partial charge in [-0.05, 0) is 47.6 Å². The van der Waals surface area contributed by atoms with E-state index >= 15 is 0 Å². The topological polar surface area (TPSA) is 59.7 Å². The molecule has 0 bridgehead atoms. The maximum atomic E-state index is 6.04. The quantitative estimate of drug-likeness (QED) is 0.385. The van der Waals surface area contributed by atoms with Crippen LogP contribution >= 0.6 is 35.4 Å². The van der Waals surface area contributed by atoms with Crippen molar-refractivity contribution in [3.8, 4) is 0 Å². The Labute approximate surface area is 189 Å². The van der Waals surface area contributed by atoms with Crippen molar-refractivity contribution in [1.82, 2.24) is 19.6 Å². The number of rotatable bonds is 6. The number of nitrogens with one attached hydrogen (secondary N) is 2. The van der Waals surface area contributed by atoms with Crippen molar-refractivity contribution < 1.29 is 0 Å². The summed E-state index contributed by atoms with van der Waals surface area (Å²) in [5, 5.41) is 16.9. The molecule has 0 amide bonds. The molecule has 30 heavy (non-hydrogen) atoms. The molecule has 0 fully saturated rings. The summed E-state index contributed by atoms with van der Waals surface area (Å²) < 4.78 is 3.63. The zero-order valence-corrected chi connectivity index (χ0v) is 18.1. The molecule has 0 aliphatic heterocycles. The molecule has 0 atom stereocenters. The summed E-state index contributed by atoms with van der Waals surface area (Å²) in [6, 6.07) is 17.3. The number of nitrogens with zero attached hydrogens (tertiary/aromatic N) is 4. The third-order valence-electron chi connectivity index (χ3n) is 4.24. The summed E-state index contributed by atoms with van der Waals surface area (Å²) in [6.45, 7) is 1.25.